The minimum Gasteiger partial charge on any atom is -0.494 e. The van der Waals surface area contributed by atoms with E-state index in [9.17, 15) is 4.79 Å². The van der Waals surface area contributed by atoms with Gasteiger partial charge < -0.3 is 10.1 Å². The zero-order valence-electron chi connectivity index (χ0n) is 14.0. The van der Waals surface area contributed by atoms with Gasteiger partial charge in [0.1, 0.15) is 11.6 Å². The van der Waals surface area contributed by atoms with Crippen LogP contribution in [-0.2, 0) is 6.42 Å². The van der Waals surface area contributed by atoms with Crippen molar-refractivity contribution < 1.29 is 9.53 Å². The van der Waals surface area contributed by atoms with Crippen LogP contribution in [0.2, 0.25) is 0 Å². The average molecular weight is 336 g/mol. The van der Waals surface area contributed by atoms with E-state index in [0.29, 0.717) is 31.0 Å². The van der Waals surface area contributed by atoms with Crippen molar-refractivity contribution in [2.45, 2.75) is 13.3 Å². The molecule has 0 aliphatic heterocycles. The fourth-order valence-electron chi connectivity index (χ4n) is 2.39. The van der Waals surface area contributed by atoms with Crippen LogP contribution in [-0.4, -0.2) is 34.2 Å². The lowest BCUT2D eigenvalue weighted by atomic mass is 10.2. The van der Waals surface area contributed by atoms with Crippen LogP contribution < -0.4 is 10.1 Å². The highest BCUT2D eigenvalue weighted by molar-refractivity contribution is 5.94. The number of nitrogens with zero attached hydrogens (tertiary/aromatic N) is 2. The van der Waals surface area contributed by atoms with E-state index in [1.165, 1.54) is 0 Å². The number of rotatable bonds is 7. The maximum atomic E-state index is 12.1. The SMILES string of the molecule is CCOc1ccc(C(=O)NCCc2nc(-c3ccccc3)n[nH]2)cc1. The summed E-state index contributed by atoms with van der Waals surface area (Å²) in [6.07, 6.45) is 0.586. The van der Waals surface area contributed by atoms with Gasteiger partial charge in [-0.15, -0.1) is 0 Å². The van der Waals surface area contributed by atoms with Gasteiger partial charge in [-0.1, -0.05) is 30.3 Å². The highest BCUT2D eigenvalue weighted by Gasteiger charge is 2.08. The molecule has 2 aromatic carbocycles. The number of carbonyl (C=O) groups excluding carboxylic acids is 1. The Morgan fingerprint density at radius 3 is 2.60 bits per heavy atom. The van der Waals surface area contributed by atoms with Crippen molar-refractivity contribution in [1.29, 1.82) is 0 Å². The minimum absolute atomic E-state index is 0.120. The normalized spacial score (nSPS) is 10.4. The molecular formula is C19H20N4O2. The Morgan fingerprint density at radius 2 is 1.88 bits per heavy atom. The van der Waals surface area contributed by atoms with Gasteiger partial charge >= 0.3 is 0 Å². The largest absolute Gasteiger partial charge is 0.494 e. The standard InChI is InChI=1S/C19H20N4O2/c1-2-25-16-10-8-15(9-11-16)19(24)20-13-12-17-21-18(23-22-17)14-6-4-3-5-7-14/h3-11H,2,12-13H2,1H3,(H,20,24)(H,21,22,23). The van der Waals surface area contributed by atoms with E-state index in [1.54, 1.807) is 24.3 Å². The summed E-state index contributed by atoms with van der Waals surface area (Å²) in [4.78, 5) is 16.6. The third-order valence-corrected chi connectivity index (χ3v) is 3.64. The molecular weight excluding hydrogens is 316 g/mol. The molecule has 0 saturated carbocycles. The first-order valence-corrected chi connectivity index (χ1v) is 8.24. The molecule has 0 aliphatic carbocycles. The molecule has 6 nitrogen and oxygen atoms in total. The molecule has 0 atom stereocenters. The first-order chi connectivity index (χ1) is 12.3. The highest BCUT2D eigenvalue weighted by Crippen LogP contribution is 2.14. The fraction of sp³-hybridized carbons (Fsp3) is 0.211. The van der Waals surface area contributed by atoms with Gasteiger partial charge in [-0.25, -0.2) is 4.98 Å². The Bertz CT molecular complexity index is 813. The number of nitrogens with one attached hydrogen (secondary N) is 2. The van der Waals surface area contributed by atoms with Gasteiger partial charge in [0.2, 0.25) is 0 Å². The van der Waals surface area contributed by atoms with Gasteiger partial charge in [0.15, 0.2) is 5.82 Å². The molecule has 128 valence electrons. The first kappa shape index (κ1) is 16.7. The molecule has 2 N–H and O–H groups in total. The summed E-state index contributed by atoms with van der Waals surface area (Å²) < 4.78 is 5.37. The van der Waals surface area contributed by atoms with Crippen LogP contribution in [0.15, 0.2) is 54.6 Å². The van der Waals surface area contributed by atoms with Crippen molar-refractivity contribution in [2.75, 3.05) is 13.2 Å². The lowest BCUT2D eigenvalue weighted by molar-refractivity contribution is 0.0954. The third-order valence-electron chi connectivity index (χ3n) is 3.64. The molecule has 3 aromatic rings. The third kappa shape index (κ3) is 4.44. The number of benzene rings is 2. The summed E-state index contributed by atoms with van der Waals surface area (Å²) in [5.41, 5.74) is 1.56. The second-order valence-electron chi connectivity index (χ2n) is 5.44. The van der Waals surface area contributed by atoms with Crippen molar-refractivity contribution in [1.82, 2.24) is 20.5 Å². The maximum absolute atomic E-state index is 12.1. The van der Waals surface area contributed by atoms with E-state index in [-0.39, 0.29) is 5.91 Å². The van der Waals surface area contributed by atoms with Gasteiger partial charge in [-0.3, -0.25) is 9.89 Å². The number of ether oxygens (including phenoxy) is 1. The number of carbonyl (C=O) groups is 1. The van der Waals surface area contributed by atoms with Crippen molar-refractivity contribution >= 4 is 5.91 Å². The number of H-pyrrole nitrogens is 1. The Labute approximate surface area is 146 Å². The molecule has 6 heteroatoms. The smallest absolute Gasteiger partial charge is 0.251 e. The van der Waals surface area contributed by atoms with Crippen LogP contribution in [0.3, 0.4) is 0 Å². The molecule has 1 aromatic heterocycles. The Hall–Kier alpha value is -3.15. The second kappa shape index (κ2) is 8.10. The van der Waals surface area contributed by atoms with Crippen LogP contribution in [0.4, 0.5) is 0 Å². The molecule has 0 unspecified atom stereocenters. The monoisotopic (exact) mass is 336 g/mol. The summed E-state index contributed by atoms with van der Waals surface area (Å²) >= 11 is 0. The number of hydrogen-bond donors (Lipinski definition) is 2. The Balaban J connectivity index is 1.51. The summed E-state index contributed by atoms with van der Waals surface area (Å²) in [7, 11) is 0. The zero-order chi connectivity index (χ0) is 17.5. The molecule has 1 heterocycles. The number of aromatic nitrogens is 3. The van der Waals surface area contributed by atoms with Crippen LogP contribution in [0.1, 0.15) is 23.1 Å². The lowest BCUT2D eigenvalue weighted by Gasteiger charge is -2.06. The van der Waals surface area contributed by atoms with E-state index in [1.807, 2.05) is 37.3 Å². The van der Waals surface area contributed by atoms with Crippen LogP contribution >= 0.6 is 0 Å². The van der Waals surface area contributed by atoms with Crippen molar-refractivity contribution in [3.63, 3.8) is 0 Å². The fourth-order valence-corrected chi connectivity index (χ4v) is 2.39. The number of hydrogen-bond acceptors (Lipinski definition) is 4. The van der Waals surface area contributed by atoms with E-state index >= 15 is 0 Å². The van der Waals surface area contributed by atoms with Crippen LogP contribution in [0.5, 0.6) is 5.75 Å². The van der Waals surface area contributed by atoms with Gasteiger partial charge in [0, 0.05) is 24.1 Å². The summed E-state index contributed by atoms with van der Waals surface area (Å²) in [5, 5.41) is 10.00. The lowest BCUT2D eigenvalue weighted by Crippen LogP contribution is -2.25. The van der Waals surface area contributed by atoms with E-state index < -0.39 is 0 Å². The maximum Gasteiger partial charge on any atom is 0.251 e. The van der Waals surface area contributed by atoms with Crippen LogP contribution in [0, 0.1) is 0 Å². The molecule has 0 fully saturated rings. The number of aromatic amines is 1. The van der Waals surface area contributed by atoms with E-state index in [4.69, 9.17) is 4.74 Å². The topological polar surface area (TPSA) is 79.9 Å². The summed E-state index contributed by atoms with van der Waals surface area (Å²) in [6, 6.07) is 16.9. The van der Waals surface area contributed by atoms with Gasteiger partial charge in [0.25, 0.3) is 5.91 Å². The first-order valence-electron chi connectivity index (χ1n) is 8.24. The van der Waals surface area contributed by atoms with Crippen LogP contribution in [0.25, 0.3) is 11.4 Å². The van der Waals surface area contributed by atoms with E-state index in [0.717, 1.165) is 17.1 Å². The predicted molar refractivity (Wildman–Crippen MR) is 95.5 cm³/mol. The van der Waals surface area contributed by atoms with Gasteiger partial charge in [-0.05, 0) is 31.2 Å². The van der Waals surface area contributed by atoms with E-state index in [2.05, 4.69) is 20.5 Å². The zero-order valence-corrected chi connectivity index (χ0v) is 14.0. The molecule has 0 saturated heterocycles. The molecule has 0 radical (unpaired) electrons. The molecule has 25 heavy (non-hydrogen) atoms. The van der Waals surface area contributed by atoms with Gasteiger partial charge in [-0.2, -0.15) is 5.10 Å². The minimum atomic E-state index is -0.120. The molecule has 0 bridgehead atoms. The molecule has 0 spiro atoms. The Morgan fingerprint density at radius 1 is 1.12 bits per heavy atom. The Kier molecular flexibility index (Phi) is 5.41. The number of amides is 1. The summed E-state index contributed by atoms with van der Waals surface area (Å²) in [6.45, 7) is 3.01. The molecule has 3 rings (SSSR count). The van der Waals surface area contributed by atoms with Gasteiger partial charge in [0.05, 0.1) is 6.61 Å². The van der Waals surface area contributed by atoms with Crippen molar-refractivity contribution in [3.8, 4) is 17.1 Å². The predicted octanol–water partition coefficient (Wildman–Crippen LogP) is 2.84. The highest BCUT2D eigenvalue weighted by atomic mass is 16.5. The van der Waals surface area contributed by atoms with Crippen molar-refractivity contribution in [3.05, 3.63) is 66.0 Å². The second-order valence-corrected chi connectivity index (χ2v) is 5.44. The summed E-state index contributed by atoms with van der Waals surface area (Å²) in [5.74, 6) is 2.04. The van der Waals surface area contributed by atoms with Crippen molar-refractivity contribution in [2.24, 2.45) is 0 Å². The average Bonchev–Trinajstić information content (AvgIpc) is 3.12. The molecule has 0 aliphatic rings. The quantitative estimate of drug-likeness (QED) is 0.695. The molecule has 1 amide bonds.